The van der Waals surface area contributed by atoms with Gasteiger partial charge in [0.15, 0.2) is 15.7 Å². The van der Waals surface area contributed by atoms with Crippen LogP contribution >= 0.6 is 0 Å². The standard InChI is InChI=1S/C8H13N3O3S/c1-3-15(13,14)5-4-11-7(2)9-6-8(11)10-12/h6H,3-5H2,1-2H3. The van der Waals surface area contributed by atoms with Gasteiger partial charge in [0.2, 0.25) is 0 Å². The van der Waals surface area contributed by atoms with Gasteiger partial charge in [-0.25, -0.2) is 13.4 Å². The molecule has 0 aromatic carbocycles. The van der Waals surface area contributed by atoms with Gasteiger partial charge in [0.25, 0.3) is 0 Å². The zero-order chi connectivity index (χ0) is 11.5. The first kappa shape index (κ1) is 11.8. The second kappa shape index (κ2) is 4.52. The second-order valence-corrected chi connectivity index (χ2v) is 5.62. The van der Waals surface area contributed by atoms with Crippen molar-refractivity contribution in [3.8, 4) is 0 Å². The number of sulfone groups is 1. The number of rotatable bonds is 5. The monoisotopic (exact) mass is 231 g/mol. The van der Waals surface area contributed by atoms with Gasteiger partial charge in [-0.05, 0) is 12.1 Å². The number of hydrogen-bond donors (Lipinski definition) is 0. The smallest absolute Gasteiger partial charge is 0.197 e. The Kier molecular flexibility index (Phi) is 3.57. The van der Waals surface area contributed by atoms with Crippen LogP contribution in [0.3, 0.4) is 0 Å². The third-order valence-electron chi connectivity index (χ3n) is 2.19. The lowest BCUT2D eigenvalue weighted by Crippen LogP contribution is -2.15. The van der Waals surface area contributed by atoms with E-state index < -0.39 is 9.84 Å². The first-order valence-electron chi connectivity index (χ1n) is 4.56. The lowest BCUT2D eigenvalue weighted by molar-refractivity contribution is 0.589. The molecule has 1 aromatic heterocycles. The van der Waals surface area contributed by atoms with Crippen LogP contribution < -0.4 is 0 Å². The van der Waals surface area contributed by atoms with Crippen LogP contribution in [0.1, 0.15) is 12.7 Å². The van der Waals surface area contributed by atoms with E-state index in [1.807, 2.05) is 0 Å². The van der Waals surface area contributed by atoms with Crippen molar-refractivity contribution in [3.63, 3.8) is 0 Å². The van der Waals surface area contributed by atoms with E-state index in [1.165, 1.54) is 10.8 Å². The maximum absolute atomic E-state index is 11.3. The number of hydrogen-bond acceptors (Lipinski definition) is 5. The van der Waals surface area contributed by atoms with Crippen LogP contribution in [0.4, 0.5) is 5.82 Å². The molecule has 1 heterocycles. The van der Waals surface area contributed by atoms with Crippen LogP contribution in [0.25, 0.3) is 0 Å². The fraction of sp³-hybridized carbons (Fsp3) is 0.625. The van der Waals surface area contributed by atoms with Gasteiger partial charge in [0.1, 0.15) is 5.82 Å². The molecule has 0 aliphatic carbocycles. The van der Waals surface area contributed by atoms with Crippen LogP contribution in [-0.2, 0) is 16.4 Å². The minimum atomic E-state index is -3.03. The Labute approximate surface area is 88.2 Å². The molecule has 15 heavy (non-hydrogen) atoms. The second-order valence-electron chi connectivity index (χ2n) is 3.14. The normalized spacial score (nSPS) is 11.6. The first-order chi connectivity index (χ1) is 7.00. The van der Waals surface area contributed by atoms with Crippen LogP contribution in [0.15, 0.2) is 11.4 Å². The molecule has 0 aliphatic rings. The lowest BCUT2D eigenvalue weighted by Gasteiger charge is -2.05. The fourth-order valence-corrected chi connectivity index (χ4v) is 1.93. The van der Waals surface area contributed by atoms with Gasteiger partial charge in [0, 0.05) is 12.3 Å². The van der Waals surface area contributed by atoms with Crippen molar-refractivity contribution in [2.45, 2.75) is 20.4 Å². The van der Waals surface area contributed by atoms with Crippen molar-refractivity contribution in [1.82, 2.24) is 9.55 Å². The molecule has 1 aromatic rings. The van der Waals surface area contributed by atoms with Gasteiger partial charge in [-0.3, -0.25) is 0 Å². The van der Waals surface area contributed by atoms with Crippen LogP contribution in [0, 0.1) is 11.8 Å². The van der Waals surface area contributed by atoms with E-state index in [-0.39, 0.29) is 23.9 Å². The highest BCUT2D eigenvalue weighted by atomic mass is 32.2. The molecule has 6 nitrogen and oxygen atoms in total. The van der Waals surface area contributed by atoms with E-state index in [0.717, 1.165) is 0 Å². The Morgan fingerprint density at radius 3 is 2.73 bits per heavy atom. The van der Waals surface area contributed by atoms with Gasteiger partial charge in [0.05, 0.1) is 11.9 Å². The molecular formula is C8H13N3O3S. The summed E-state index contributed by atoms with van der Waals surface area (Å²) in [5.41, 5.74) is 0. The van der Waals surface area contributed by atoms with Crippen molar-refractivity contribution in [2.24, 2.45) is 5.18 Å². The van der Waals surface area contributed by atoms with E-state index in [0.29, 0.717) is 5.82 Å². The number of nitroso groups, excluding NO2 is 1. The maximum Gasteiger partial charge on any atom is 0.197 e. The molecule has 0 N–H and O–H groups in total. The van der Waals surface area contributed by atoms with E-state index in [1.54, 1.807) is 13.8 Å². The topological polar surface area (TPSA) is 81.4 Å². The summed E-state index contributed by atoms with van der Waals surface area (Å²) >= 11 is 0. The van der Waals surface area contributed by atoms with Gasteiger partial charge in [-0.15, -0.1) is 4.91 Å². The highest BCUT2D eigenvalue weighted by Gasteiger charge is 2.11. The van der Waals surface area contributed by atoms with Crippen molar-refractivity contribution in [3.05, 3.63) is 16.9 Å². The molecule has 0 amide bonds. The Hall–Kier alpha value is -1.24. The highest BCUT2D eigenvalue weighted by Crippen LogP contribution is 2.13. The number of aryl methyl sites for hydroxylation is 1. The largest absolute Gasteiger partial charge is 0.310 e. The van der Waals surface area contributed by atoms with Crippen molar-refractivity contribution in [1.29, 1.82) is 0 Å². The molecule has 0 saturated carbocycles. The minimum absolute atomic E-state index is 0.00319. The fourth-order valence-electron chi connectivity index (χ4n) is 1.18. The molecule has 0 saturated heterocycles. The number of aromatic nitrogens is 2. The van der Waals surface area contributed by atoms with Gasteiger partial charge < -0.3 is 4.57 Å². The van der Waals surface area contributed by atoms with E-state index in [2.05, 4.69) is 10.2 Å². The summed E-state index contributed by atoms with van der Waals surface area (Å²) in [5, 5.41) is 2.77. The summed E-state index contributed by atoms with van der Waals surface area (Å²) < 4.78 is 24.0. The molecule has 7 heteroatoms. The average Bonchev–Trinajstić information content (AvgIpc) is 2.56. The molecular weight excluding hydrogens is 218 g/mol. The number of imidazole rings is 1. The Morgan fingerprint density at radius 1 is 1.53 bits per heavy atom. The van der Waals surface area contributed by atoms with Gasteiger partial charge >= 0.3 is 0 Å². The summed E-state index contributed by atoms with van der Waals surface area (Å²) in [6.07, 6.45) is 1.33. The molecule has 1 rings (SSSR count). The molecule has 0 aliphatic heterocycles. The lowest BCUT2D eigenvalue weighted by atomic mass is 10.6. The predicted molar refractivity (Wildman–Crippen MR) is 56.7 cm³/mol. The molecule has 0 bridgehead atoms. The third kappa shape index (κ3) is 2.85. The maximum atomic E-state index is 11.3. The Balaban J connectivity index is 2.81. The highest BCUT2D eigenvalue weighted by molar-refractivity contribution is 7.91. The van der Waals surface area contributed by atoms with Gasteiger partial charge in [-0.2, -0.15) is 0 Å². The predicted octanol–water partition coefficient (Wildman–Crippen LogP) is 1.02. The average molecular weight is 231 g/mol. The molecule has 0 radical (unpaired) electrons. The molecule has 0 spiro atoms. The van der Waals surface area contributed by atoms with Crippen LogP contribution in [0.5, 0.6) is 0 Å². The van der Waals surface area contributed by atoms with E-state index >= 15 is 0 Å². The molecule has 0 fully saturated rings. The Morgan fingerprint density at radius 2 is 2.20 bits per heavy atom. The van der Waals surface area contributed by atoms with E-state index in [4.69, 9.17) is 0 Å². The summed E-state index contributed by atoms with van der Waals surface area (Å²) in [7, 11) is -3.03. The SMILES string of the molecule is CCS(=O)(=O)CCn1c(N=O)cnc1C. The van der Waals surface area contributed by atoms with Crippen molar-refractivity contribution >= 4 is 15.7 Å². The zero-order valence-electron chi connectivity index (χ0n) is 8.67. The first-order valence-corrected chi connectivity index (χ1v) is 6.38. The minimum Gasteiger partial charge on any atom is -0.310 e. The number of nitrogens with zero attached hydrogens (tertiary/aromatic N) is 3. The van der Waals surface area contributed by atoms with Crippen molar-refractivity contribution < 1.29 is 8.42 Å². The quantitative estimate of drug-likeness (QED) is 0.708. The summed E-state index contributed by atoms with van der Waals surface area (Å²) in [6, 6.07) is 0. The molecule has 0 atom stereocenters. The third-order valence-corrected chi connectivity index (χ3v) is 3.88. The zero-order valence-corrected chi connectivity index (χ0v) is 9.49. The van der Waals surface area contributed by atoms with Crippen LogP contribution in [-0.4, -0.2) is 29.5 Å². The summed E-state index contributed by atoms with van der Waals surface area (Å²) in [4.78, 5) is 14.3. The van der Waals surface area contributed by atoms with E-state index in [9.17, 15) is 13.3 Å². The van der Waals surface area contributed by atoms with Crippen molar-refractivity contribution in [2.75, 3.05) is 11.5 Å². The van der Waals surface area contributed by atoms with Gasteiger partial charge in [-0.1, -0.05) is 6.92 Å². The molecule has 0 unspecified atom stereocenters. The summed E-state index contributed by atoms with van der Waals surface area (Å²) in [6.45, 7) is 3.52. The van der Waals surface area contributed by atoms with Crippen LogP contribution in [0.2, 0.25) is 0 Å². The molecule has 84 valence electrons. The Bertz CT molecular complexity index is 450. The summed E-state index contributed by atoms with van der Waals surface area (Å²) in [5.74, 6) is 0.864.